The first-order chi connectivity index (χ1) is 33.5. The summed E-state index contributed by atoms with van der Waals surface area (Å²) in [5.41, 5.74) is 2.23. The maximum atomic E-state index is 16.7. The molecule has 0 amide bonds. The van der Waals surface area contributed by atoms with Crippen molar-refractivity contribution in [3.63, 3.8) is 0 Å². The predicted molar refractivity (Wildman–Crippen MR) is 233 cm³/mol. The van der Waals surface area contributed by atoms with Gasteiger partial charge in [-0.2, -0.15) is 39.5 Å². The van der Waals surface area contributed by atoms with Crippen LogP contribution < -0.4 is 0 Å². The van der Waals surface area contributed by atoms with E-state index in [4.69, 9.17) is 4.74 Å². The molecule has 32 unspecified atom stereocenters. The van der Waals surface area contributed by atoms with Crippen molar-refractivity contribution in [1.82, 2.24) is 9.97 Å². The summed E-state index contributed by atoms with van der Waals surface area (Å²) >= 11 is 0.282. The number of carbonyl (C=O) groups excluding carboxylic acids is 1. The molecule has 14 fully saturated rings. The zero-order valence-electron chi connectivity index (χ0n) is 38.7. The maximum Gasteiger partial charge on any atom is 0.460 e. The summed E-state index contributed by atoms with van der Waals surface area (Å²) in [5, 5.41) is 0. The normalized spacial score (nSPS) is 59.2. The molecular formula is C56H55F9N2O2S. The van der Waals surface area contributed by atoms with E-state index < -0.39 is 45.7 Å². The van der Waals surface area contributed by atoms with Gasteiger partial charge in [0.25, 0.3) is 0 Å². The van der Waals surface area contributed by atoms with Crippen LogP contribution in [0.25, 0.3) is 11.0 Å². The molecule has 370 valence electrons. The van der Waals surface area contributed by atoms with Gasteiger partial charge in [-0.05, 0) is 222 Å². The number of hydrogen-bond acceptors (Lipinski definition) is 5. The van der Waals surface area contributed by atoms with E-state index in [-0.39, 0.29) is 46.9 Å². The summed E-state index contributed by atoms with van der Waals surface area (Å²) in [6.45, 7) is 2.55. The number of carbonyl (C=O) groups is 1. The van der Waals surface area contributed by atoms with Crippen LogP contribution in [-0.2, 0) is 20.9 Å². The van der Waals surface area contributed by atoms with E-state index in [0.717, 1.165) is 71.8 Å². The van der Waals surface area contributed by atoms with Crippen LogP contribution in [0.4, 0.5) is 39.5 Å². The molecule has 0 bridgehead atoms. The Balaban J connectivity index is 0.867. The van der Waals surface area contributed by atoms with E-state index in [1.54, 1.807) is 0 Å². The van der Waals surface area contributed by atoms with Crippen LogP contribution in [0.5, 0.6) is 0 Å². The van der Waals surface area contributed by atoms with Crippen molar-refractivity contribution in [3.05, 3.63) is 45.4 Å². The van der Waals surface area contributed by atoms with E-state index in [1.165, 1.54) is 32.6 Å². The molecule has 14 saturated carbocycles. The third kappa shape index (κ3) is 3.62. The average molecular weight is 991 g/mol. The molecule has 14 heteroatoms. The number of nitrogens with zero attached hydrogens (tertiary/aromatic N) is 2. The van der Waals surface area contributed by atoms with Crippen molar-refractivity contribution in [1.29, 1.82) is 0 Å². The minimum absolute atomic E-state index is 0.0331. The van der Waals surface area contributed by atoms with E-state index in [0.29, 0.717) is 118 Å². The van der Waals surface area contributed by atoms with Crippen molar-refractivity contribution in [2.24, 2.45) is 183 Å². The SMILES string of the molecule is COC(=O)CCCC1(c2sc(C(F)(F)C(F)(F)C(F)(F)C(F)(F)F)c3nccnc23)C2C3C4CCC5C6CCC7C8C=CC9C%10C%11=C%12C%13C(C8%10)C7C6C6C5C4C4C(C%12C5C7C%11C9C(C)C7C(C5C43)C21)C%136. The van der Waals surface area contributed by atoms with Crippen LogP contribution in [0.2, 0.25) is 0 Å². The summed E-state index contributed by atoms with van der Waals surface area (Å²) in [4.78, 5) is 20.5. The molecule has 19 rings (SSSR count). The Bertz CT molecular complexity index is 2910. The minimum Gasteiger partial charge on any atom is -0.469 e. The van der Waals surface area contributed by atoms with Gasteiger partial charge in [0.15, 0.2) is 0 Å². The lowest BCUT2D eigenvalue weighted by atomic mass is 9.43. The molecule has 0 aliphatic heterocycles. The number of hydrogen-bond donors (Lipinski definition) is 0. The van der Waals surface area contributed by atoms with Gasteiger partial charge in [0, 0.05) is 29.1 Å². The largest absolute Gasteiger partial charge is 0.469 e. The monoisotopic (exact) mass is 990 g/mol. The fourth-order valence-corrected chi connectivity index (χ4v) is 29.6. The highest BCUT2D eigenvalue weighted by molar-refractivity contribution is 7.14. The summed E-state index contributed by atoms with van der Waals surface area (Å²) in [6, 6.07) is 0. The number of fused-ring (bicyclic) bond motifs is 9. The number of thiophene rings is 1. The fourth-order valence-electron chi connectivity index (χ4n) is 28.1. The van der Waals surface area contributed by atoms with Gasteiger partial charge in [-0.3, -0.25) is 14.8 Å². The Morgan fingerprint density at radius 1 is 0.600 bits per heavy atom. The number of methoxy groups -OCH3 is 1. The fraction of sp³-hybridized carbons (Fsp3) is 0.804. The summed E-state index contributed by atoms with van der Waals surface area (Å²) < 4.78 is 141. The molecule has 0 radical (unpaired) electrons. The van der Waals surface area contributed by atoms with Crippen molar-refractivity contribution < 1.29 is 49.0 Å². The van der Waals surface area contributed by atoms with Crippen LogP contribution in [0.3, 0.4) is 0 Å². The molecule has 0 N–H and O–H groups in total. The van der Waals surface area contributed by atoms with Gasteiger partial charge in [0.1, 0.15) is 15.9 Å². The first-order valence-corrected chi connectivity index (χ1v) is 28.3. The molecule has 0 spiro atoms. The number of allylic oxidation sites excluding steroid dienone is 4. The highest BCUT2D eigenvalue weighted by atomic mass is 32.1. The zero-order valence-corrected chi connectivity index (χ0v) is 39.5. The molecule has 17 aliphatic rings. The number of ether oxygens (including phenoxy) is 1. The quantitative estimate of drug-likeness (QED) is 0.150. The van der Waals surface area contributed by atoms with Gasteiger partial charge in [-0.1, -0.05) is 30.2 Å². The van der Waals surface area contributed by atoms with E-state index in [1.807, 2.05) is 11.1 Å². The molecule has 2 aromatic heterocycles. The zero-order chi connectivity index (χ0) is 47.0. The van der Waals surface area contributed by atoms with Crippen molar-refractivity contribution in [3.8, 4) is 0 Å². The molecule has 70 heavy (non-hydrogen) atoms. The number of halogens is 9. The van der Waals surface area contributed by atoms with Gasteiger partial charge >= 0.3 is 29.9 Å². The predicted octanol–water partition coefficient (Wildman–Crippen LogP) is 12.0. The summed E-state index contributed by atoms with van der Waals surface area (Å²) in [5.74, 6) is -2.53. The first-order valence-electron chi connectivity index (χ1n) is 27.5. The van der Waals surface area contributed by atoms with Crippen LogP contribution in [0.1, 0.15) is 61.6 Å². The van der Waals surface area contributed by atoms with Crippen molar-refractivity contribution >= 4 is 28.3 Å². The van der Waals surface area contributed by atoms with Crippen LogP contribution in [-0.4, -0.2) is 41.1 Å². The molecule has 17 aliphatic carbocycles. The van der Waals surface area contributed by atoms with Gasteiger partial charge in [0.2, 0.25) is 0 Å². The van der Waals surface area contributed by atoms with Crippen molar-refractivity contribution in [2.75, 3.05) is 7.11 Å². The number of esters is 1. The lowest BCUT2D eigenvalue weighted by Crippen LogP contribution is -2.59. The average Bonchev–Trinajstić information content (AvgIpc) is 4.12. The topological polar surface area (TPSA) is 52.1 Å². The maximum absolute atomic E-state index is 16.7. The molecule has 4 nitrogen and oxygen atoms in total. The van der Waals surface area contributed by atoms with Gasteiger partial charge in [-0.25, -0.2) is 0 Å². The van der Waals surface area contributed by atoms with Crippen LogP contribution in [0, 0.1) is 183 Å². The third-order valence-electron chi connectivity index (χ3n) is 27.6. The number of aromatic nitrogens is 2. The molecule has 32 atom stereocenters. The lowest BCUT2D eigenvalue weighted by Gasteiger charge is -2.61. The highest BCUT2D eigenvalue weighted by Crippen LogP contribution is 2.95. The van der Waals surface area contributed by atoms with Crippen molar-refractivity contribution in [2.45, 2.75) is 81.2 Å². The number of alkyl halides is 9. The smallest absolute Gasteiger partial charge is 0.460 e. The molecule has 2 heterocycles. The summed E-state index contributed by atoms with van der Waals surface area (Å²) in [6.07, 6.45) is 6.78. The lowest BCUT2D eigenvalue weighted by molar-refractivity contribution is -0.398. The second-order valence-corrected chi connectivity index (χ2v) is 28.4. The molecule has 0 aromatic carbocycles. The molecule has 0 saturated heterocycles. The first kappa shape index (κ1) is 40.7. The van der Waals surface area contributed by atoms with Crippen LogP contribution >= 0.6 is 11.3 Å². The highest BCUT2D eigenvalue weighted by Gasteiger charge is 2.92. The van der Waals surface area contributed by atoms with Crippen LogP contribution in [0.15, 0.2) is 35.7 Å². The third-order valence-corrected chi connectivity index (χ3v) is 29.0. The van der Waals surface area contributed by atoms with Gasteiger partial charge in [0.05, 0.1) is 7.11 Å². The second kappa shape index (κ2) is 11.6. The Hall–Kier alpha value is -2.64. The molecular weight excluding hydrogens is 936 g/mol. The summed E-state index contributed by atoms with van der Waals surface area (Å²) in [7, 11) is 1.33. The Labute approximate surface area is 403 Å². The number of rotatable bonds is 8. The van der Waals surface area contributed by atoms with E-state index in [2.05, 4.69) is 29.0 Å². The molecule has 2 aromatic rings. The second-order valence-electron chi connectivity index (χ2n) is 27.4. The Morgan fingerprint density at radius 2 is 1.13 bits per heavy atom. The standard InChI is InChI=1S/C56H55F9N2O2S/c1-14-22-19-9-7-17-15-5-6-16-18-8-10-20-29-27(18)34-25(16)24(15)33-26(17)28(19)35-31(22)32-23(14)45-44-37(36(29)42-40(34)39(33)41(35)43(42)38(32)44)30(20)46-47(45)52(46,11-3-4-21(68)69-2)50-48-49(67-13-12-66-48)51(70-50)53(57,58)54(59,60)55(61,62)56(63,64)65/h7,9,12-20,22-34,36-40,42-47H,3-6,8,10-11H2,1-2H3. The Kier molecular flexibility index (Phi) is 6.74. The Morgan fingerprint density at radius 3 is 1.83 bits per heavy atom. The van der Waals surface area contributed by atoms with E-state index in [9.17, 15) is 26.7 Å². The van der Waals surface area contributed by atoms with Gasteiger partial charge in [-0.15, -0.1) is 11.3 Å². The van der Waals surface area contributed by atoms with Gasteiger partial charge < -0.3 is 4.74 Å². The van der Waals surface area contributed by atoms with E-state index >= 15 is 17.6 Å². The minimum atomic E-state index is -7.04.